The predicted molar refractivity (Wildman–Crippen MR) is 64.1 cm³/mol. The first-order valence-electron chi connectivity index (χ1n) is 4.56. The summed E-state index contributed by atoms with van der Waals surface area (Å²) >= 11 is 0. The third-order valence-electron chi connectivity index (χ3n) is 1.86. The Bertz CT molecular complexity index is 310. The molecule has 0 unspecified atom stereocenters. The number of nitrogens with one attached hydrogen (secondary N) is 1. The molecule has 0 saturated heterocycles. The van der Waals surface area contributed by atoms with Crippen LogP contribution < -0.4 is 61.4 Å². The largest absolute Gasteiger partial charge is 1.00 e. The van der Waals surface area contributed by atoms with E-state index in [0.29, 0.717) is 5.75 Å². The number of rotatable bonds is 5. The quantitative estimate of drug-likeness (QED) is 0.748. The molecule has 92 valence electrons. The number of hydrogen-bond donors (Lipinski definition) is 1. The van der Waals surface area contributed by atoms with Gasteiger partial charge in [0.2, 0.25) is 0 Å². The third-order valence-corrected chi connectivity index (χ3v) is 1.86. The minimum atomic E-state index is -4.75. The second kappa shape index (κ2) is 9.83. The minimum absolute atomic E-state index is 0. The van der Waals surface area contributed by atoms with Gasteiger partial charge in [0.25, 0.3) is 0 Å². The fourth-order valence-corrected chi connectivity index (χ4v) is 1.12. The second-order valence-electron chi connectivity index (χ2n) is 3.19. The van der Waals surface area contributed by atoms with Crippen molar-refractivity contribution < 1.29 is 69.1 Å². The molecular weight excluding hydrogens is 325 g/mol. The van der Waals surface area contributed by atoms with E-state index in [0.717, 1.165) is 5.56 Å². The van der Waals surface area contributed by atoms with Crippen molar-refractivity contribution in [3.05, 3.63) is 29.8 Å². The van der Waals surface area contributed by atoms with Gasteiger partial charge >= 0.3 is 58.4 Å². The van der Waals surface area contributed by atoms with Crippen LogP contribution in [0.1, 0.15) is 5.56 Å². The maximum Gasteiger partial charge on any atom is 1.00 e. The van der Waals surface area contributed by atoms with Gasteiger partial charge in [0, 0.05) is 6.54 Å². The van der Waals surface area contributed by atoms with Crippen molar-refractivity contribution in [2.24, 2.45) is 0 Å². The summed E-state index contributed by atoms with van der Waals surface area (Å²) in [6.07, 6.45) is -0.911. The Labute approximate surface area is 152 Å². The van der Waals surface area contributed by atoms with E-state index in [4.69, 9.17) is 4.74 Å². The fraction of sp³-hybridized carbons (Fsp3) is 0.333. The van der Waals surface area contributed by atoms with Gasteiger partial charge in [0.05, 0.1) is 7.11 Å². The van der Waals surface area contributed by atoms with E-state index in [1.165, 1.54) is 0 Å². The molecule has 2 nitrogen and oxygen atoms in total. The molecule has 1 aromatic carbocycles. The summed E-state index contributed by atoms with van der Waals surface area (Å²) in [6, 6.07) is 6.90. The van der Waals surface area contributed by atoms with Gasteiger partial charge in [-0.1, -0.05) is 12.1 Å². The van der Waals surface area contributed by atoms with Crippen molar-refractivity contribution in [3.8, 4) is 5.75 Å². The summed E-state index contributed by atoms with van der Waals surface area (Å²) in [5.41, 5.74) is 0.802. The normalized spacial score (nSPS) is 10.1. The van der Waals surface area contributed by atoms with Crippen LogP contribution in [0.25, 0.3) is 0 Å². The summed E-state index contributed by atoms with van der Waals surface area (Å²) < 4.78 is 40.5. The first-order valence-corrected chi connectivity index (χ1v) is 4.56. The summed E-state index contributed by atoms with van der Waals surface area (Å²) in [5.74, 6) is 0.693. The van der Waals surface area contributed by atoms with Crippen LogP contribution in [-0.4, -0.2) is 20.5 Å². The van der Waals surface area contributed by atoms with E-state index in [1.54, 1.807) is 31.4 Å². The van der Waals surface area contributed by atoms with Crippen LogP contribution in [-0.2, 0) is 6.54 Å². The van der Waals surface area contributed by atoms with Crippen LogP contribution in [0.15, 0.2) is 24.3 Å². The number of halogens is 4. The zero-order valence-corrected chi connectivity index (χ0v) is 14.6. The minimum Gasteiger partial charge on any atom is -0.497 e. The summed E-state index contributed by atoms with van der Waals surface area (Å²) in [4.78, 5) is 0. The van der Waals surface area contributed by atoms with Gasteiger partial charge in [-0.3, -0.25) is 0 Å². The van der Waals surface area contributed by atoms with E-state index < -0.39 is 13.4 Å². The Morgan fingerprint density at radius 2 is 1.71 bits per heavy atom. The Balaban J connectivity index is 0. The van der Waals surface area contributed by atoms with E-state index in [9.17, 15) is 12.9 Å². The molecule has 0 aromatic heterocycles. The molecule has 0 heterocycles. The van der Waals surface area contributed by atoms with Gasteiger partial charge in [-0.15, -0.1) is 17.0 Å². The topological polar surface area (TPSA) is 21.3 Å². The maximum absolute atomic E-state index is 11.9. The first kappa shape index (κ1) is 20.3. The number of methoxy groups -OCH3 is 1. The predicted octanol–water partition coefficient (Wildman–Crippen LogP) is -0.247. The van der Waals surface area contributed by atoms with Gasteiger partial charge in [-0.25, -0.2) is 0 Å². The van der Waals surface area contributed by atoms with Crippen LogP contribution >= 0.6 is 17.0 Å². The molecule has 1 N–H and O–H groups in total. The Morgan fingerprint density at radius 3 is 2.12 bits per heavy atom. The number of ether oxygens (including phenoxy) is 1. The van der Waals surface area contributed by atoms with Crippen LogP contribution in [0, 0.1) is 0 Å². The van der Waals surface area contributed by atoms with Crippen molar-refractivity contribution in [2.75, 3.05) is 13.6 Å². The maximum atomic E-state index is 11.9. The monoisotopic (exact) mass is 337 g/mol. The summed E-state index contributed by atoms with van der Waals surface area (Å²) in [6.45, 7) is -4.53. The molecule has 0 amide bonds. The molecule has 0 bridgehead atoms. The molecule has 0 spiro atoms. The number of hydrogen-bond acceptors (Lipinski definition) is 2. The van der Waals surface area contributed by atoms with Crippen molar-refractivity contribution in [1.82, 2.24) is 5.32 Å². The summed E-state index contributed by atoms with van der Waals surface area (Å²) in [5, 5.41) is 2.34. The molecule has 0 saturated carbocycles. The molecule has 1 rings (SSSR count). The molecular formula is C9H13BBrF3KNO. The average molecular weight is 338 g/mol. The van der Waals surface area contributed by atoms with Gasteiger partial charge in [0.15, 0.2) is 0 Å². The smallest absolute Gasteiger partial charge is 0.497 e. The van der Waals surface area contributed by atoms with E-state index in [-0.39, 0.29) is 74.9 Å². The fourth-order valence-electron chi connectivity index (χ4n) is 1.12. The Kier molecular flexibility index (Phi) is 11.7. The summed E-state index contributed by atoms with van der Waals surface area (Å²) in [7, 11) is 1.54. The Hall–Kier alpha value is 0.951. The van der Waals surface area contributed by atoms with Crippen LogP contribution in [0.2, 0.25) is 0 Å². The van der Waals surface area contributed by atoms with Gasteiger partial charge in [-0.05, 0) is 24.1 Å². The molecule has 0 radical (unpaired) electrons. The number of benzene rings is 1. The zero-order valence-electron chi connectivity index (χ0n) is 9.75. The van der Waals surface area contributed by atoms with Crippen LogP contribution in [0.4, 0.5) is 12.9 Å². The molecule has 1 aromatic rings. The average Bonchev–Trinajstić information content (AvgIpc) is 2.17. The first-order chi connectivity index (χ1) is 7.01. The Morgan fingerprint density at radius 1 is 1.18 bits per heavy atom. The molecule has 8 heteroatoms. The van der Waals surface area contributed by atoms with Crippen LogP contribution in [0.3, 0.4) is 0 Å². The molecule has 0 aliphatic carbocycles. The van der Waals surface area contributed by atoms with E-state index in [2.05, 4.69) is 5.32 Å². The molecule has 0 fully saturated rings. The third kappa shape index (κ3) is 9.52. The van der Waals surface area contributed by atoms with Crippen molar-refractivity contribution in [1.29, 1.82) is 0 Å². The van der Waals surface area contributed by atoms with E-state index >= 15 is 0 Å². The van der Waals surface area contributed by atoms with Gasteiger partial charge < -0.3 is 23.0 Å². The van der Waals surface area contributed by atoms with Gasteiger partial charge in [-0.2, -0.15) is 0 Å². The molecule has 17 heavy (non-hydrogen) atoms. The van der Waals surface area contributed by atoms with Gasteiger partial charge in [0.1, 0.15) is 5.75 Å². The van der Waals surface area contributed by atoms with Crippen molar-refractivity contribution in [3.63, 3.8) is 0 Å². The standard InChI is InChI=1S/C9H12BF3NO.BrH.K/c1-15-9-4-2-8(3-5-9)6-14-7-10(11,12)13;;/h2-5,14H,6-7H2,1H3;1H;/q-1;;+1. The SMILES string of the molecule is Br.COc1ccc(CNC[B-](F)(F)F)cc1.[K+]. The molecule has 0 aliphatic rings. The molecule has 0 atom stereocenters. The van der Waals surface area contributed by atoms with Crippen LogP contribution in [0.5, 0.6) is 5.75 Å². The second-order valence-corrected chi connectivity index (χ2v) is 3.19. The zero-order chi connectivity index (χ0) is 11.3. The van der Waals surface area contributed by atoms with Crippen molar-refractivity contribution >= 4 is 24.0 Å². The van der Waals surface area contributed by atoms with Crippen molar-refractivity contribution in [2.45, 2.75) is 6.54 Å². The van der Waals surface area contributed by atoms with E-state index in [1.807, 2.05) is 0 Å². The molecule has 0 aliphatic heterocycles.